The predicted molar refractivity (Wildman–Crippen MR) is 137 cm³/mol. The lowest BCUT2D eigenvalue weighted by atomic mass is 9.99. The molecule has 1 atom stereocenters. The van der Waals surface area contributed by atoms with Gasteiger partial charge in [0.2, 0.25) is 0 Å². The van der Waals surface area contributed by atoms with E-state index in [4.69, 9.17) is 14.6 Å². The van der Waals surface area contributed by atoms with Gasteiger partial charge >= 0.3 is 5.97 Å². The van der Waals surface area contributed by atoms with E-state index in [1.165, 1.54) is 25.0 Å². The highest BCUT2D eigenvalue weighted by Gasteiger charge is 2.27. The summed E-state index contributed by atoms with van der Waals surface area (Å²) < 4.78 is 15.6. The molecule has 0 aromatic carbocycles. The molecule has 3 aromatic heterocycles. The molecule has 0 aliphatic carbocycles. The average Bonchev–Trinajstić information content (AvgIpc) is 3.51. The van der Waals surface area contributed by atoms with Gasteiger partial charge in [0.25, 0.3) is 0 Å². The summed E-state index contributed by atoms with van der Waals surface area (Å²) in [6.45, 7) is 11.9. The minimum absolute atomic E-state index is 0.162. The van der Waals surface area contributed by atoms with Crippen LogP contribution in [-0.4, -0.2) is 57.5 Å². The number of likely N-dealkylation sites (tertiary alicyclic amines) is 1. The van der Waals surface area contributed by atoms with Crippen molar-refractivity contribution in [2.24, 2.45) is 0 Å². The molecular formula is C28H38N4O3. The lowest BCUT2D eigenvalue weighted by molar-refractivity contribution is 0.0376. The van der Waals surface area contributed by atoms with Crippen molar-refractivity contribution in [3.05, 3.63) is 47.5 Å². The van der Waals surface area contributed by atoms with E-state index < -0.39 is 0 Å². The zero-order valence-corrected chi connectivity index (χ0v) is 21.5. The molecule has 0 amide bonds. The van der Waals surface area contributed by atoms with Crippen LogP contribution in [0.3, 0.4) is 0 Å². The Morgan fingerprint density at radius 1 is 1.14 bits per heavy atom. The Bertz CT molecular complexity index is 1180. The molecule has 188 valence electrons. The topological polar surface area (TPSA) is 61.0 Å². The van der Waals surface area contributed by atoms with Crippen molar-refractivity contribution < 1.29 is 14.3 Å². The maximum atomic E-state index is 13.2. The fraction of sp³-hybridized carbons (Fsp3) is 0.571. The number of carbonyl (C=O) groups is 1. The van der Waals surface area contributed by atoms with Crippen molar-refractivity contribution in [1.29, 1.82) is 0 Å². The third-order valence-electron chi connectivity index (χ3n) is 7.63. The average molecular weight is 479 g/mol. The van der Waals surface area contributed by atoms with E-state index >= 15 is 0 Å². The predicted octanol–water partition coefficient (Wildman–Crippen LogP) is 5.57. The zero-order chi connectivity index (χ0) is 24.5. The minimum Gasteiger partial charge on any atom is -0.459 e. The summed E-state index contributed by atoms with van der Waals surface area (Å²) in [6.07, 6.45) is 11.8. The quantitative estimate of drug-likeness (QED) is 0.433. The second-order valence-electron chi connectivity index (χ2n) is 10.3. The molecule has 0 spiro atoms. The molecule has 0 radical (unpaired) electrons. The lowest BCUT2D eigenvalue weighted by Gasteiger charge is -2.34. The van der Waals surface area contributed by atoms with Gasteiger partial charge in [-0.1, -0.05) is 6.42 Å². The number of carbonyl (C=O) groups excluding carboxylic acids is 1. The fourth-order valence-electron chi connectivity index (χ4n) is 5.72. The summed E-state index contributed by atoms with van der Waals surface area (Å²) in [4.78, 5) is 15.7. The lowest BCUT2D eigenvalue weighted by Crippen LogP contribution is -2.34. The molecule has 2 fully saturated rings. The number of hydrogen-bond acceptors (Lipinski definition) is 5. The highest BCUT2D eigenvalue weighted by molar-refractivity contribution is 5.95. The largest absolute Gasteiger partial charge is 0.459 e. The Morgan fingerprint density at radius 3 is 2.60 bits per heavy atom. The van der Waals surface area contributed by atoms with Gasteiger partial charge in [0.05, 0.1) is 29.4 Å². The summed E-state index contributed by atoms with van der Waals surface area (Å²) >= 11 is 0. The van der Waals surface area contributed by atoms with Crippen molar-refractivity contribution in [3.8, 4) is 11.1 Å². The highest BCUT2D eigenvalue weighted by atomic mass is 16.5. The fourth-order valence-corrected chi connectivity index (χ4v) is 5.72. The minimum atomic E-state index is -0.253. The summed E-state index contributed by atoms with van der Waals surface area (Å²) in [7, 11) is 0. The number of fused-ring (bicyclic) bond motifs is 1. The highest BCUT2D eigenvalue weighted by Crippen LogP contribution is 2.35. The Balaban J connectivity index is 1.60. The molecule has 7 heteroatoms. The molecular weight excluding hydrogens is 440 g/mol. The first-order valence-corrected chi connectivity index (χ1v) is 13.2. The molecule has 5 heterocycles. The van der Waals surface area contributed by atoms with Gasteiger partial charge in [-0.25, -0.2) is 4.79 Å². The van der Waals surface area contributed by atoms with Crippen LogP contribution >= 0.6 is 0 Å². The number of esters is 1. The van der Waals surface area contributed by atoms with Gasteiger partial charge in [-0.2, -0.15) is 5.10 Å². The van der Waals surface area contributed by atoms with Crippen LogP contribution in [0.15, 0.2) is 30.7 Å². The van der Waals surface area contributed by atoms with E-state index in [0.717, 1.165) is 61.4 Å². The van der Waals surface area contributed by atoms with E-state index in [1.807, 2.05) is 26.1 Å². The number of rotatable bonds is 6. The Morgan fingerprint density at radius 2 is 1.89 bits per heavy atom. The van der Waals surface area contributed by atoms with Crippen LogP contribution in [0, 0.1) is 6.92 Å². The normalized spacial score (nSPS) is 18.9. The molecule has 0 saturated carbocycles. The molecule has 0 N–H and O–H groups in total. The Labute approximate surface area is 208 Å². The molecule has 2 aliphatic heterocycles. The van der Waals surface area contributed by atoms with E-state index in [-0.39, 0.29) is 18.1 Å². The maximum Gasteiger partial charge on any atom is 0.338 e. The smallest absolute Gasteiger partial charge is 0.338 e. The van der Waals surface area contributed by atoms with Gasteiger partial charge in [0, 0.05) is 48.5 Å². The van der Waals surface area contributed by atoms with Crippen LogP contribution in [0.2, 0.25) is 0 Å². The SMILES string of the molecule is Cc1c(C(=O)OC(C)C)cc2c(-c3cnn(C4CCOCC4)c3)ccn2c1C(C)N1CCCCC1. The van der Waals surface area contributed by atoms with Crippen molar-refractivity contribution in [1.82, 2.24) is 19.1 Å². The van der Waals surface area contributed by atoms with Gasteiger partial charge in [0.1, 0.15) is 0 Å². The molecule has 7 nitrogen and oxygen atoms in total. The number of aromatic nitrogens is 3. The van der Waals surface area contributed by atoms with Gasteiger partial charge in [-0.05, 0) is 84.2 Å². The molecule has 2 aliphatic rings. The van der Waals surface area contributed by atoms with Crippen LogP contribution in [0.5, 0.6) is 0 Å². The molecule has 1 unspecified atom stereocenters. The maximum absolute atomic E-state index is 13.2. The number of hydrogen-bond donors (Lipinski definition) is 0. The first kappa shape index (κ1) is 24.1. The molecule has 0 bridgehead atoms. The third kappa shape index (κ3) is 4.76. The van der Waals surface area contributed by atoms with Crippen LogP contribution in [0.1, 0.15) is 86.6 Å². The number of ether oxygens (including phenoxy) is 2. The Hall–Kier alpha value is -2.64. The summed E-state index contributed by atoms with van der Waals surface area (Å²) in [5.74, 6) is -0.253. The third-order valence-corrected chi connectivity index (χ3v) is 7.63. The second kappa shape index (κ2) is 10.2. The number of pyridine rings is 1. The van der Waals surface area contributed by atoms with Crippen molar-refractivity contribution in [2.75, 3.05) is 26.3 Å². The first-order chi connectivity index (χ1) is 16.9. The van der Waals surface area contributed by atoms with Crippen molar-refractivity contribution >= 4 is 11.5 Å². The molecule has 5 rings (SSSR count). The standard InChI is InChI=1S/C28H38N4O3/c1-19(2)35-28(33)25-16-26-24(22-17-29-32(18-22)23-9-14-34-15-10-23)8-13-31(26)27(20(25)3)21(4)30-11-6-5-7-12-30/h8,13,16-19,21,23H,5-7,9-12,14-15H2,1-4H3. The van der Waals surface area contributed by atoms with Gasteiger partial charge in [0.15, 0.2) is 0 Å². The summed E-state index contributed by atoms with van der Waals surface area (Å²) in [5, 5.41) is 4.70. The van der Waals surface area contributed by atoms with Gasteiger partial charge in [-0.15, -0.1) is 0 Å². The van der Waals surface area contributed by atoms with Gasteiger partial charge < -0.3 is 13.9 Å². The van der Waals surface area contributed by atoms with Crippen LogP contribution < -0.4 is 0 Å². The molecule has 35 heavy (non-hydrogen) atoms. The van der Waals surface area contributed by atoms with E-state index in [0.29, 0.717) is 11.6 Å². The van der Waals surface area contributed by atoms with Crippen LogP contribution in [0.4, 0.5) is 0 Å². The van der Waals surface area contributed by atoms with Crippen molar-refractivity contribution in [2.45, 2.75) is 78.0 Å². The molecule has 3 aromatic rings. The first-order valence-electron chi connectivity index (χ1n) is 13.2. The second-order valence-corrected chi connectivity index (χ2v) is 10.3. The molecule has 2 saturated heterocycles. The van der Waals surface area contributed by atoms with E-state index in [9.17, 15) is 4.79 Å². The van der Waals surface area contributed by atoms with Gasteiger partial charge in [-0.3, -0.25) is 9.58 Å². The van der Waals surface area contributed by atoms with E-state index in [1.54, 1.807) is 0 Å². The van der Waals surface area contributed by atoms with Crippen LogP contribution in [-0.2, 0) is 9.47 Å². The number of piperidine rings is 1. The summed E-state index contributed by atoms with van der Waals surface area (Å²) in [6, 6.07) is 4.74. The monoisotopic (exact) mass is 478 g/mol. The Kier molecular flexibility index (Phi) is 6.98. The van der Waals surface area contributed by atoms with Crippen molar-refractivity contribution in [3.63, 3.8) is 0 Å². The number of nitrogens with zero attached hydrogens (tertiary/aromatic N) is 4. The van der Waals surface area contributed by atoms with Crippen LogP contribution in [0.25, 0.3) is 16.6 Å². The summed E-state index contributed by atoms with van der Waals surface area (Å²) in [5.41, 5.74) is 6.01. The zero-order valence-electron chi connectivity index (χ0n) is 21.5. The van der Waals surface area contributed by atoms with E-state index in [2.05, 4.69) is 46.3 Å².